The smallest absolute Gasteiger partial charge is 0.246 e. The third-order valence-electron chi connectivity index (χ3n) is 3.15. The van der Waals surface area contributed by atoms with Crippen molar-refractivity contribution in [3.8, 4) is 0 Å². The van der Waals surface area contributed by atoms with Gasteiger partial charge in [-0.05, 0) is 26.0 Å². The topological polar surface area (TPSA) is 95.2 Å². The first-order valence-corrected chi connectivity index (χ1v) is 8.09. The Bertz CT molecular complexity index is 749. The van der Waals surface area contributed by atoms with Gasteiger partial charge in [0.15, 0.2) is 0 Å². The van der Waals surface area contributed by atoms with Crippen LogP contribution in [-0.4, -0.2) is 42.4 Å². The van der Waals surface area contributed by atoms with Crippen molar-refractivity contribution in [3.63, 3.8) is 0 Å². The van der Waals surface area contributed by atoms with E-state index in [2.05, 4.69) is 15.5 Å². The highest BCUT2D eigenvalue weighted by atomic mass is 32.2. The molecule has 0 spiro atoms. The Balaban J connectivity index is 2.11. The van der Waals surface area contributed by atoms with Crippen molar-refractivity contribution < 1.29 is 13.2 Å². The van der Waals surface area contributed by atoms with Gasteiger partial charge in [-0.1, -0.05) is 18.2 Å². The van der Waals surface area contributed by atoms with E-state index in [0.29, 0.717) is 17.1 Å². The molecule has 8 heteroatoms. The summed E-state index contributed by atoms with van der Waals surface area (Å²) < 4.78 is 26.0. The van der Waals surface area contributed by atoms with Crippen LogP contribution in [0.5, 0.6) is 0 Å². The minimum absolute atomic E-state index is 0.113. The number of aryl methyl sites for hydroxylation is 2. The molecular weight excluding hydrogens is 304 g/mol. The van der Waals surface area contributed by atoms with Crippen molar-refractivity contribution in [1.82, 2.24) is 14.5 Å². The van der Waals surface area contributed by atoms with Crippen LogP contribution in [0.1, 0.15) is 11.4 Å². The minimum atomic E-state index is -3.77. The average molecular weight is 322 g/mol. The van der Waals surface area contributed by atoms with Gasteiger partial charge in [0.05, 0.1) is 17.9 Å². The zero-order chi connectivity index (χ0) is 16.3. The van der Waals surface area contributed by atoms with E-state index < -0.39 is 15.9 Å². The fourth-order valence-electron chi connectivity index (χ4n) is 2.09. The molecule has 0 radical (unpaired) electrons. The number of nitrogens with one attached hydrogen (secondary N) is 2. The summed E-state index contributed by atoms with van der Waals surface area (Å²) in [4.78, 5) is 12.1. The lowest BCUT2D eigenvalue weighted by atomic mass is 10.3. The molecule has 1 aromatic heterocycles. The Morgan fingerprint density at radius 2 is 1.91 bits per heavy atom. The standard InChI is InChI=1S/C14H18N4O3S/c1-10-14(11(2)17-16-10)22(20,21)18(3)9-13(19)15-12-7-5-4-6-8-12/h4-8H,9H2,1-3H3,(H,15,19)(H,16,17). The summed E-state index contributed by atoms with van der Waals surface area (Å²) in [5.74, 6) is -0.406. The summed E-state index contributed by atoms with van der Waals surface area (Å²) >= 11 is 0. The molecule has 2 N–H and O–H groups in total. The van der Waals surface area contributed by atoms with E-state index in [4.69, 9.17) is 0 Å². The van der Waals surface area contributed by atoms with Gasteiger partial charge in [-0.2, -0.15) is 9.40 Å². The van der Waals surface area contributed by atoms with E-state index in [1.54, 1.807) is 38.1 Å². The highest BCUT2D eigenvalue weighted by Crippen LogP contribution is 2.20. The lowest BCUT2D eigenvalue weighted by Crippen LogP contribution is -2.35. The first-order valence-electron chi connectivity index (χ1n) is 6.65. The number of benzene rings is 1. The monoisotopic (exact) mass is 322 g/mol. The van der Waals surface area contributed by atoms with E-state index in [-0.39, 0.29) is 11.4 Å². The molecule has 0 aliphatic carbocycles. The zero-order valence-corrected chi connectivity index (χ0v) is 13.4. The van der Waals surface area contributed by atoms with E-state index in [1.807, 2.05) is 6.07 Å². The number of sulfonamides is 1. The normalized spacial score (nSPS) is 11.6. The molecule has 1 aromatic carbocycles. The van der Waals surface area contributed by atoms with Crippen molar-refractivity contribution in [2.45, 2.75) is 18.7 Å². The fourth-order valence-corrected chi connectivity index (χ4v) is 3.54. The number of amides is 1. The van der Waals surface area contributed by atoms with E-state index in [9.17, 15) is 13.2 Å². The molecule has 1 heterocycles. The molecular formula is C14H18N4O3S. The summed E-state index contributed by atoms with van der Waals surface area (Å²) in [7, 11) is -2.40. The summed E-state index contributed by atoms with van der Waals surface area (Å²) in [5, 5.41) is 9.17. The van der Waals surface area contributed by atoms with Crippen molar-refractivity contribution in [2.24, 2.45) is 0 Å². The summed E-state index contributed by atoms with van der Waals surface area (Å²) in [6, 6.07) is 8.87. The van der Waals surface area contributed by atoms with Crippen molar-refractivity contribution in [1.29, 1.82) is 0 Å². The van der Waals surface area contributed by atoms with Crippen molar-refractivity contribution in [2.75, 3.05) is 18.9 Å². The molecule has 2 rings (SSSR count). The Labute approximate surface area is 129 Å². The molecule has 0 bridgehead atoms. The maximum atomic E-state index is 12.5. The molecule has 0 saturated heterocycles. The summed E-state index contributed by atoms with van der Waals surface area (Å²) in [6.07, 6.45) is 0. The Morgan fingerprint density at radius 1 is 1.27 bits per heavy atom. The van der Waals surface area contributed by atoms with E-state index in [0.717, 1.165) is 4.31 Å². The molecule has 1 amide bonds. The number of aromatic nitrogens is 2. The molecule has 0 unspecified atom stereocenters. The number of hydrogen-bond donors (Lipinski definition) is 2. The molecule has 0 atom stereocenters. The highest BCUT2D eigenvalue weighted by molar-refractivity contribution is 7.89. The molecule has 2 aromatic rings. The van der Waals surface area contributed by atoms with Gasteiger partial charge in [0, 0.05) is 12.7 Å². The lowest BCUT2D eigenvalue weighted by molar-refractivity contribution is -0.116. The van der Waals surface area contributed by atoms with Gasteiger partial charge in [0.2, 0.25) is 15.9 Å². The third kappa shape index (κ3) is 3.34. The summed E-state index contributed by atoms with van der Waals surface area (Å²) in [5.41, 5.74) is 1.45. The van der Waals surface area contributed by atoms with Crippen LogP contribution in [0, 0.1) is 13.8 Å². The SMILES string of the molecule is Cc1n[nH]c(C)c1S(=O)(=O)N(C)CC(=O)Nc1ccccc1. The number of anilines is 1. The number of para-hydroxylation sites is 1. The number of likely N-dealkylation sites (N-methyl/N-ethyl adjacent to an activating group) is 1. The number of H-pyrrole nitrogens is 1. The number of aromatic amines is 1. The Hall–Kier alpha value is -2.19. The number of carbonyl (C=O) groups excluding carboxylic acids is 1. The highest BCUT2D eigenvalue weighted by Gasteiger charge is 2.28. The van der Waals surface area contributed by atoms with Gasteiger partial charge < -0.3 is 5.32 Å². The number of carbonyl (C=O) groups is 1. The van der Waals surface area contributed by atoms with Gasteiger partial charge in [-0.15, -0.1) is 0 Å². The molecule has 0 saturated carbocycles. The molecule has 22 heavy (non-hydrogen) atoms. The molecule has 0 aliphatic heterocycles. The number of nitrogens with zero attached hydrogens (tertiary/aromatic N) is 2. The fraction of sp³-hybridized carbons (Fsp3) is 0.286. The maximum Gasteiger partial charge on any atom is 0.246 e. The second-order valence-corrected chi connectivity index (χ2v) is 6.92. The van der Waals surface area contributed by atoms with Crippen LogP contribution in [-0.2, 0) is 14.8 Å². The lowest BCUT2D eigenvalue weighted by Gasteiger charge is -2.17. The Kier molecular flexibility index (Phi) is 4.62. The van der Waals surface area contributed by atoms with Crippen LogP contribution in [0.2, 0.25) is 0 Å². The van der Waals surface area contributed by atoms with Gasteiger partial charge >= 0.3 is 0 Å². The van der Waals surface area contributed by atoms with Crippen LogP contribution >= 0.6 is 0 Å². The quantitative estimate of drug-likeness (QED) is 0.867. The van der Waals surface area contributed by atoms with Crippen LogP contribution in [0.4, 0.5) is 5.69 Å². The van der Waals surface area contributed by atoms with Crippen LogP contribution in [0.3, 0.4) is 0 Å². The molecule has 7 nitrogen and oxygen atoms in total. The maximum absolute atomic E-state index is 12.5. The van der Waals surface area contributed by atoms with E-state index in [1.165, 1.54) is 7.05 Å². The third-order valence-corrected chi connectivity index (χ3v) is 5.22. The minimum Gasteiger partial charge on any atom is -0.325 e. The second-order valence-electron chi connectivity index (χ2n) is 4.94. The molecule has 0 fully saturated rings. The average Bonchev–Trinajstić information content (AvgIpc) is 2.79. The summed E-state index contributed by atoms with van der Waals surface area (Å²) in [6.45, 7) is 2.96. The van der Waals surface area contributed by atoms with Gasteiger partial charge in [-0.3, -0.25) is 9.89 Å². The number of hydrogen-bond acceptors (Lipinski definition) is 4. The van der Waals surface area contributed by atoms with Crippen LogP contribution in [0.15, 0.2) is 35.2 Å². The first kappa shape index (κ1) is 16.2. The van der Waals surface area contributed by atoms with E-state index >= 15 is 0 Å². The van der Waals surface area contributed by atoms with Crippen LogP contribution in [0.25, 0.3) is 0 Å². The molecule has 0 aliphatic rings. The second kappa shape index (κ2) is 6.29. The van der Waals surface area contributed by atoms with Gasteiger partial charge in [-0.25, -0.2) is 8.42 Å². The molecule has 118 valence electrons. The largest absolute Gasteiger partial charge is 0.325 e. The number of rotatable bonds is 5. The first-order chi connectivity index (χ1) is 10.3. The predicted octanol–water partition coefficient (Wildman–Crippen LogP) is 1.29. The zero-order valence-electron chi connectivity index (χ0n) is 12.6. The van der Waals surface area contributed by atoms with Gasteiger partial charge in [0.25, 0.3) is 0 Å². The van der Waals surface area contributed by atoms with Crippen LogP contribution < -0.4 is 5.32 Å². The van der Waals surface area contributed by atoms with Gasteiger partial charge in [0.1, 0.15) is 4.90 Å². The Morgan fingerprint density at radius 3 is 2.45 bits per heavy atom. The van der Waals surface area contributed by atoms with Crippen molar-refractivity contribution in [3.05, 3.63) is 41.7 Å². The predicted molar refractivity (Wildman–Crippen MR) is 82.9 cm³/mol. The van der Waals surface area contributed by atoms with Crippen molar-refractivity contribution >= 4 is 21.6 Å².